The van der Waals surface area contributed by atoms with E-state index in [1.807, 2.05) is 0 Å². The molecule has 0 bridgehead atoms. The fraction of sp³-hybridized carbons (Fsp3) is 0.350. The summed E-state index contributed by atoms with van der Waals surface area (Å²) >= 11 is 0. The van der Waals surface area contributed by atoms with Gasteiger partial charge in [0.25, 0.3) is 0 Å². The molecule has 0 radical (unpaired) electrons. The Balaban J connectivity index is 2.35. The molecule has 0 spiro atoms. The highest BCUT2D eigenvalue weighted by atomic mass is 19.4. The van der Waals surface area contributed by atoms with Gasteiger partial charge >= 0.3 is 12.3 Å². The molecule has 2 rings (SSSR count). The zero-order valence-corrected chi connectivity index (χ0v) is 15.9. The van der Waals surface area contributed by atoms with Crippen molar-refractivity contribution in [3.8, 4) is 17.2 Å². The Hall–Kier alpha value is -2.74. The number of carbonyl (C=O) groups excluding carboxylic acids is 1. The van der Waals surface area contributed by atoms with Crippen molar-refractivity contribution in [1.29, 1.82) is 0 Å². The summed E-state index contributed by atoms with van der Waals surface area (Å²) in [6.07, 6.45) is -5.81. The van der Waals surface area contributed by atoms with E-state index >= 15 is 0 Å². The lowest BCUT2D eigenvalue weighted by molar-refractivity contribution is -0.275. The van der Waals surface area contributed by atoms with Gasteiger partial charge in [0.05, 0.1) is 5.56 Å². The first-order chi connectivity index (χ1) is 13.0. The van der Waals surface area contributed by atoms with Crippen molar-refractivity contribution in [2.24, 2.45) is 5.41 Å². The predicted octanol–water partition coefficient (Wildman–Crippen LogP) is 5.20. The number of alkyl halides is 3. The zero-order chi connectivity index (χ0) is 20.9. The molecule has 8 heteroatoms. The van der Waals surface area contributed by atoms with Crippen LogP contribution in [0, 0.1) is 5.41 Å². The Labute approximate surface area is 161 Å². The van der Waals surface area contributed by atoms with E-state index in [2.05, 4.69) is 4.74 Å². The lowest BCUT2D eigenvalue weighted by Crippen LogP contribution is -2.34. The Bertz CT molecular complexity index is 798. The Morgan fingerprint density at radius 1 is 0.964 bits per heavy atom. The summed E-state index contributed by atoms with van der Waals surface area (Å²) in [5, 5.41) is 0. The van der Waals surface area contributed by atoms with Crippen LogP contribution < -0.4 is 14.2 Å². The van der Waals surface area contributed by atoms with E-state index < -0.39 is 29.8 Å². The molecule has 152 valence electrons. The van der Waals surface area contributed by atoms with Crippen molar-refractivity contribution < 1.29 is 36.9 Å². The van der Waals surface area contributed by atoms with Crippen molar-refractivity contribution >= 4 is 5.97 Å². The zero-order valence-electron chi connectivity index (χ0n) is 15.9. The molecule has 0 saturated carbocycles. The van der Waals surface area contributed by atoms with Gasteiger partial charge in [0, 0.05) is 12.5 Å². The van der Waals surface area contributed by atoms with Crippen LogP contribution in [-0.2, 0) is 4.74 Å². The lowest BCUT2D eigenvalue weighted by Gasteiger charge is -2.30. The maximum Gasteiger partial charge on any atom is 0.573 e. The smallest absolute Gasteiger partial charge is 0.460 e. The van der Waals surface area contributed by atoms with Gasteiger partial charge in [-0.1, -0.05) is 39.0 Å². The SMILES string of the molecule is COC(Oc1cc(C(=O)Oc2ccccc2)ccc1OC(F)(F)F)C(C)(C)C. The van der Waals surface area contributed by atoms with E-state index in [0.717, 1.165) is 18.2 Å². The van der Waals surface area contributed by atoms with E-state index in [4.69, 9.17) is 14.2 Å². The molecule has 28 heavy (non-hydrogen) atoms. The average molecular weight is 398 g/mol. The molecular weight excluding hydrogens is 377 g/mol. The molecule has 5 nitrogen and oxygen atoms in total. The number of hydrogen-bond donors (Lipinski definition) is 0. The second-order valence-corrected chi connectivity index (χ2v) is 6.96. The molecule has 1 atom stereocenters. The molecule has 0 amide bonds. The van der Waals surface area contributed by atoms with E-state index in [9.17, 15) is 18.0 Å². The third-order valence-electron chi connectivity index (χ3n) is 3.51. The first-order valence-corrected chi connectivity index (χ1v) is 8.36. The predicted molar refractivity (Wildman–Crippen MR) is 95.4 cm³/mol. The van der Waals surface area contributed by atoms with Crippen LogP contribution in [0.5, 0.6) is 17.2 Å². The summed E-state index contributed by atoms with van der Waals surface area (Å²) in [5.41, 5.74) is -0.553. The minimum Gasteiger partial charge on any atom is -0.460 e. The number of halogens is 3. The Kier molecular flexibility index (Phi) is 6.56. The highest BCUT2D eigenvalue weighted by molar-refractivity contribution is 5.91. The maximum atomic E-state index is 12.7. The normalized spacial score (nSPS) is 13.0. The van der Waals surface area contributed by atoms with E-state index in [-0.39, 0.29) is 11.3 Å². The summed E-state index contributed by atoms with van der Waals surface area (Å²) in [6.45, 7) is 5.37. The third kappa shape index (κ3) is 6.16. The van der Waals surface area contributed by atoms with E-state index in [0.29, 0.717) is 5.75 Å². The van der Waals surface area contributed by atoms with Gasteiger partial charge < -0.3 is 18.9 Å². The molecule has 0 heterocycles. The van der Waals surface area contributed by atoms with Gasteiger partial charge in [-0.15, -0.1) is 13.2 Å². The lowest BCUT2D eigenvalue weighted by atomic mass is 9.96. The number of methoxy groups -OCH3 is 1. The minimum absolute atomic E-state index is 0.00265. The first kappa shape index (κ1) is 21.6. The van der Waals surface area contributed by atoms with Crippen LogP contribution >= 0.6 is 0 Å². The quantitative estimate of drug-likeness (QED) is 0.380. The van der Waals surface area contributed by atoms with Crippen LogP contribution in [0.1, 0.15) is 31.1 Å². The van der Waals surface area contributed by atoms with Crippen molar-refractivity contribution in [3.05, 3.63) is 54.1 Å². The summed E-state index contributed by atoms with van der Waals surface area (Å²) < 4.78 is 58.2. The van der Waals surface area contributed by atoms with E-state index in [1.165, 1.54) is 7.11 Å². The number of hydrogen-bond acceptors (Lipinski definition) is 5. The van der Waals surface area contributed by atoms with Crippen molar-refractivity contribution in [3.63, 3.8) is 0 Å². The topological polar surface area (TPSA) is 54.0 Å². The summed E-state index contributed by atoms with van der Waals surface area (Å²) in [4.78, 5) is 12.3. The number of benzene rings is 2. The first-order valence-electron chi connectivity index (χ1n) is 8.36. The van der Waals surface area contributed by atoms with Crippen LogP contribution in [0.2, 0.25) is 0 Å². The number of para-hydroxylation sites is 1. The molecule has 2 aromatic rings. The van der Waals surface area contributed by atoms with Gasteiger partial charge in [0.15, 0.2) is 11.5 Å². The Morgan fingerprint density at radius 2 is 1.61 bits per heavy atom. The molecule has 0 aliphatic heterocycles. The second-order valence-electron chi connectivity index (χ2n) is 6.96. The largest absolute Gasteiger partial charge is 0.573 e. The van der Waals surface area contributed by atoms with Crippen LogP contribution in [0.15, 0.2) is 48.5 Å². The van der Waals surface area contributed by atoms with Crippen LogP contribution in [-0.4, -0.2) is 25.7 Å². The number of ether oxygens (including phenoxy) is 4. The van der Waals surface area contributed by atoms with Crippen LogP contribution in [0.3, 0.4) is 0 Å². The minimum atomic E-state index is -4.92. The molecular formula is C20H21F3O5. The van der Waals surface area contributed by atoms with Gasteiger partial charge in [0.1, 0.15) is 5.75 Å². The number of carbonyl (C=O) groups is 1. The van der Waals surface area contributed by atoms with Gasteiger partial charge in [-0.3, -0.25) is 0 Å². The molecule has 1 unspecified atom stereocenters. The summed E-state index contributed by atoms with van der Waals surface area (Å²) in [5.74, 6) is -1.33. The highest BCUT2D eigenvalue weighted by Gasteiger charge is 2.34. The molecule has 0 aliphatic rings. The standard InChI is InChI=1S/C20H21F3O5/c1-19(2,3)18(25-4)27-16-12-13(10-11-15(16)28-20(21,22)23)17(24)26-14-8-6-5-7-9-14/h5-12,18H,1-4H3. The fourth-order valence-corrected chi connectivity index (χ4v) is 2.28. The Morgan fingerprint density at radius 3 is 2.14 bits per heavy atom. The van der Waals surface area contributed by atoms with Crippen molar-refractivity contribution in [1.82, 2.24) is 0 Å². The van der Waals surface area contributed by atoms with Gasteiger partial charge in [0.2, 0.25) is 6.29 Å². The number of esters is 1. The average Bonchev–Trinajstić information content (AvgIpc) is 2.59. The van der Waals surface area contributed by atoms with Gasteiger partial charge in [-0.05, 0) is 30.3 Å². The molecule has 0 aromatic heterocycles. The monoisotopic (exact) mass is 398 g/mol. The molecule has 0 aliphatic carbocycles. The van der Waals surface area contributed by atoms with Crippen LogP contribution in [0.25, 0.3) is 0 Å². The van der Waals surface area contributed by atoms with Crippen LogP contribution in [0.4, 0.5) is 13.2 Å². The molecule has 0 fully saturated rings. The molecule has 0 saturated heterocycles. The highest BCUT2D eigenvalue weighted by Crippen LogP contribution is 2.36. The van der Waals surface area contributed by atoms with Gasteiger partial charge in [-0.25, -0.2) is 4.79 Å². The molecule has 2 aromatic carbocycles. The fourth-order valence-electron chi connectivity index (χ4n) is 2.28. The molecule has 0 N–H and O–H groups in total. The third-order valence-corrected chi connectivity index (χ3v) is 3.51. The maximum absolute atomic E-state index is 12.7. The summed E-state index contributed by atoms with van der Waals surface area (Å²) in [6, 6.07) is 11.6. The summed E-state index contributed by atoms with van der Waals surface area (Å²) in [7, 11) is 1.37. The van der Waals surface area contributed by atoms with E-state index in [1.54, 1.807) is 51.1 Å². The number of rotatable bonds is 6. The van der Waals surface area contributed by atoms with Crippen molar-refractivity contribution in [2.75, 3.05) is 7.11 Å². The van der Waals surface area contributed by atoms with Crippen molar-refractivity contribution in [2.45, 2.75) is 33.4 Å². The second kappa shape index (κ2) is 8.52. The van der Waals surface area contributed by atoms with Gasteiger partial charge in [-0.2, -0.15) is 0 Å².